The number of benzene rings is 1. The Labute approximate surface area is 173 Å². The highest BCUT2D eigenvalue weighted by molar-refractivity contribution is 5.85. The topological polar surface area (TPSA) is 104 Å². The molecular weight excluding hydrogens is 378 g/mol. The molecule has 0 radical (unpaired) electrons. The van der Waals surface area contributed by atoms with Crippen LogP contribution >= 0.6 is 0 Å². The van der Waals surface area contributed by atoms with E-state index in [9.17, 15) is 5.11 Å². The van der Waals surface area contributed by atoms with Crippen molar-refractivity contribution in [2.24, 2.45) is 0 Å². The molecule has 1 unspecified atom stereocenters. The van der Waals surface area contributed by atoms with E-state index in [1.165, 1.54) is 0 Å². The number of aromatic amines is 1. The Balaban J connectivity index is 1.54. The van der Waals surface area contributed by atoms with Crippen LogP contribution in [0.4, 0.5) is 0 Å². The van der Waals surface area contributed by atoms with Crippen LogP contribution in [0.3, 0.4) is 0 Å². The third-order valence-corrected chi connectivity index (χ3v) is 5.09. The van der Waals surface area contributed by atoms with E-state index in [1.807, 2.05) is 48.2 Å². The molecule has 0 amide bonds. The minimum absolute atomic E-state index is 0.591. The van der Waals surface area contributed by atoms with Gasteiger partial charge in [-0.05, 0) is 42.3 Å². The molecule has 0 aliphatic carbocycles. The van der Waals surface area contributed by atoms with Crippen LogP contribution in [0.15, 0.2) is 73.4 Å². The third-order valence-electron chi connectivity index (χ3n) is 5.09. The summed E-state index contributed by atoms with van der Waals surface area (Å²) in [7, 11) is 0. The number of rotatable bonds is 5. The Morgan fingerprint density at radius 2 is 2.17 bits per heavy atom. The highest BCUT2D eigenvalue weighted by Gasteiger charge is 2.23. The summed E-state index contributed by atoms with van der Waals surface area (Å²) in [5.74, 6) is 0.619. The maximum Gasteiger partial charge on any atom is 0.156 e. The molecule has 150 valence electrons. The van der Waals surface area contributed by atoms with Crippen molar-refractivity contribution in [3.8, 4) is 5.69 Å². The second-order valence-electron chi connectivity index (χ2n) is 7.16. The van der Waals surface area contributed by atoms with Gasteiger partial charge in [0.2, 0.25) is 0 Å². The largest absolute Gasteiger partial charge is 0.380 e. The fraction of sp³-hybridized carbons (Fsp3) is 0.136. The van der Waals surface area contributed by atoms with Crippen molar-refractivity contribution in [3.05, 3.63) is 90.3 Å². The molecule has 4 heterocycles. The fourth-order valence-corrected chi connectivity index (χ4v) is 3.61. The van der Waals surface area contributed by atoms with E-state index in [-0.39, 0.29) is 0 Å². The normalized spacial score (nSPS) is 16.1. The summed E-state index contributed by atoms with van der Waals surface area (Å²) in [5, 5.41) is 17.0. The summed E-state index contributed by atoms with van der Waals surface area (Å²) < 4.78 is 1.95. The molecule has 0 spiro atoms. The molecule has 1 aromatic carbocycles. The maximum absolute atomic E-state index is 10.6. The number of pyridine rings is 1. The highest BCUT2D eigenvalue weighted by atomic mass is 16.3. The number of aliphatic hydroxyl groups excluding tert-OH is 1. The quantitative estimate of drug-likeness (QED) is 0.411. The second kappa shape index (κ2) is 7.49. The first-order valence-corrected chi connectivity index (χ1v) is 9.66. The van der Waals surface area contributed by atoms with Gasteiger partial charge in [0.1, 0.15) is 5.82 Å². The predicted octanol–water partition coefficient (Wildman–Crippen LogP) is 2.39. The Hall–Kier alpha value is -3.91. The lowest BCUT2D eigenvalue weighted by Crippen LogP contribution is -2.32. The van der Waals surface area contributed by atoms with E-state index in [2.05, 4.69) is 31.7 Å². The molecule has 8 heteroatoms. The highest BCUT2D eigenvalue weighted by Crippen LogP contribution is 2.27. The van der Waals surface area contributed by atoms with Gasteiger partial charge in [-0.25, -0.2) is 9.97 Å². The van der Waals surface area contributed by atoms with Gasteiger partial charge in [-0.3, -0.25) is 4.98 Å². The minimum Gasteiger partial charge on any atom is -0.380 e. The maximum atomic E-state index is 10.6. The summed E-state index contributed by atoms with van der Waals surface area (Å²) in [6.45, 7) is 2.62. The van der Waals surface area contributed by atoms with Crippen LogP contribution in [0, 0.1) is 6.92 Å². The zero-order valence-electron chi connectivity index (χ0n) is 16.4. The average molecular weight is 399 g/mol. The number of imidazole rings is 2. The standard InChI is InChI=1S/C22H21N7O/c1-14-9-16(29-8-7-24-13-29)10-18-20(14)28-21(27-18)19-17(4-6-25-22(19)30)26-12-15-3-2-5-23-11-15/h2-11,13,22,25-26,30H,12H2,1H3,(H,27,28). The first-order valence-electron chi connectivity index (χ1n) is 9.66. The van der Waals surface area contributed by atoms with Crippen LogP contribution < -0.4 is 10.6 Å². The van der Waals surface area contributed by atoms with Crippen LogP contribution in [-0.2, 0) is 6.54 Å². The van der Waals surface area contributed by atoms with E-state index in [0.717, 1.165) is 33.5 Å². The lowest BCUT2D eigenvalue weighted by molar-refractivity contribution is 0.208. The molecule has 1 atom stereocenters. The number of nitrogens with one attached hydrogen (secondary N) is 3. The number of aliphatic hydroxyl groups is 1. The lowest BCUT2D eigenvalue weighted by atomic mass is 10.1. The van der Waals surface area contributed by atoms with Gasteiger partial charge in [0.15, 0.2) is 6.23 Å². The van der Waals surface area contributed by atoms with Gasteiger partial charge >= 0.3 is 0 Å². The molecule has 0 bridgehead atoms. The van der Waals surface area contributed by atoms with Crippen LogP contribution in [0.5, 0.6) is 0 Å². The molecule has 0 saturated heterocycles. The molecule has 0 fully saturated rings. The first-order chi connectivity index (χ1) is 14.7. The number of nitrogens with zero attached hydrogens (tertiary/aromatic N) is 4. The van der Waals surface area contributed by atoms with Crippen LogP contribution in [0.2, 0.25) is 0 Å². The Bertz CT molecular complexity index is 1240. The molecule has 3 aromatic heterocycles. The second-order valence-corrected chi connectivity index (χ2v) is 7.16. The average Bonchev–Trinajstić information content (AvgIpc) is 3.43. The summed E-state index contributed by atoms with van der Waals surface area (Å²) in [6.07, 6.45) is 11.7. The van der Waals surface area contributed by atoms with Crippen molar-refractivity contribution in [2.75, 3.05) is 0 Å². The SMILES string of the molecule is Cc1cc(-n2ccnc2)cc2[nH]c(C3=C(NCc4cccnc4)C=CNC3O)nc12. The van der Waals surface area contributed by atoms with Crippen LogP contribution in [-0.4, -0.2) is 35.8 Å². The molecule has 5 rings (SSSR count). The number of aromatic nitrogens is 5. The zero-order chi connectivity index (χ0) is 20.5. The van der Waals surface area contributed by atoms with Crippen LogP contribution in [0.25, 0.3) is 22.3 Å². The molecule has 4 N–H and O–H groups in total. The summed E-state index contributed by atoms with van der Waals surface area (Å²) >= 11 is 0. The number of fused-ring (bicyclic) bond motifs is 1. The molecule has 1 aliphatic rings. The van der Waals surface area contributed by atoms with E-state index in [4.69, 9.17) is 4.98 Å². The van der Waals surface area contributed by atoms with Crippen molar-refractivity contribution in [2.45, 2.75) is 19.7 Å². The number of aryl methyl sites for hydroxylation is 1. The van der Waals surface area contributed by atoms with Gasteiger partial charge in [-0.15, -0.1) is 0 Å². The van der Waals surface area contributed by atoms with Gasteiger partial charge in [-0.1, -0.05) is 6.07 Å². The van der Waals surface area contributed by atoms with Gasteiger partial charge < -0.3 is 25.3 Å². The number of dihydropyridines is 1. The molecule has 0 saturated carbocycles. The van der Waals surface area contributed by atoms with Crippen molar-refractivity contribution >= 4 is 16.6 Å². The number of hydrogen-bond acceptors (Lipinski definition) is 6. The van der Waals surface area contributed by atoms with E-state index in [0.29, 0.717) is 17.9 Å². The molecule has 8 nitrogen and oxygen atoms in total. The minimum atomic E-state index is -0.875. The summed E-state index contributed by atoms with van der Waals surface area (Å²) in [6, 6.07) is 8.01. The number of H-pyrrole nitrogens is 1. The third kappa shape index (κ3) is 3.33. The van der Waals surface area contributed by atoms with Gasteiger partial charge in [0.05, 0.1) is 22.9 Å². The summed E-state index contributed by atoms with van der Waals surface area (Å²) in [4.78, 5) is 16.4. The zero-order valence-corrected chi connectivity index (χ0v) is 16.4. The van der Waals surface area contributed by atoms with Gasteiger partial charge in [-0.2, -0.15) is 0 Å². The Morgan fingerprint density at radius 1 is 1.23 bits per heavy atom. The van der Waals surface area contributed by atoms with E-state index >= 15 is 0 Å². The first kappa shape index (κ1) is 18.1. The Morgan fingerprint density at radius 3 is 2.97 bits per heavy atom. The molecule has 1 aliphatic heterocycles. The van der Waals surface area contributed by atoms with Crippen LogP contribution in [0.1, 0.15) is 17.0 Å². The van der Waals surface area contributed by atoms with Crippen molar-refractivity contribution < 1.29 is 5.11 Å². The van der Waals surface area contributed by atoms with E-state index < -0.39 is 6.23 Å². The predicted molar refractivity (Wildman–Crippen MR) is 114 cm³/mol. The smallest absolute Gasteiger partial charge is 0.156 e. The summed E-state index contributed by atoms with van der Waals surface area (Å²) in [5.41, 5.74) is 6.33. The van der Waals surface area contributed by atoms with Crippen molar-refractivity contribution in [1.29, 1.82) is 0 Å². The number of hydrogen-bond donors (Lipinski definition) is 4. The molecule has 30 heavy (non-hydrogen) atoms. The van der Waals surface area contributed by atoms with E-state index in [1.54, 1.807) is 24.9 Å². The van der Waals surface area contributed by atoms with Crippen molar-refractivity contribution in [3.63, 3.8) is 0 Å². The lowest BCUT2D eigenvalue weighted by Gasteiger charge is -2.22. The van der Waals surface area contributed by atoms with Gasteiger partial charge in [0, 0.05) is 48.9 Å². The number of allylic oxidation sites excluding steroid dienone is 1. The monoisotopic (exact) mass is 399 g/mol. The molecular formula is C22H21N7O. The van der Waals surface area contributed by atoms with Gasteiger partial charge in [0.25, 0.3) is 0 Å². The fourth-order valence-electron chi connectivity index (χ4n) is 3.61. The van der Waals surface area contributed by atoms with Crippen molar-refractivity contribution in [1.82, 2.24) is 35.1 Å². The Kier molecular flexibility index (Phi) is 4.53. The molecule has 4 aromatic rings.